The third kappa shape index (κ3) is 4.11. The maximum atomic E-state index is 12.9. The van der Waals surface area contributed by atoms with Gasteiger partial charge in [-0.2, -0.15) is 18.4 Å². The number of benzene rings is 1. The Hall–Kier alpha value is -1.74. The van der Waals surface area contributed by atoms with E-state index in [1.54, 1.807) is 0 Å². The fourth-order valence-electron chi connectivity index (χ4n) is 2.71. The molecular formula is C15H17F3N2O. The van der Waals surface area contributed by atoms with Crippen molar-refractivity contribution in [2.24, 2.45) is 5.92 Å². The molecule has 1 saturated carbocycles. The summed E-state index contributed by atoms with van der Waals surface area (Å²) in [6.07, 6.45) is -1.68. The molecule has 0 bridgehead atoms. The van der Waals surface area contributed by atoms with E-state index in [1.165, 1.54) is 12.1 Å². The molecule has 2 rings (SSSR count). The number of nitrogens with one attached hydrogen (secondary N) is 1. The SMILES string of the molecule is N#Cc1ccc(C(F)(F)F)c(NCC2CCCC(O)C2)c1. The fourth-order valence-corrected chi connectivity index (χ4v) is 2.71. The predicted octanol–water partition coefficient (Wildman–Crippen LogP) is 3.54. The molecule has 0 amide bonds. The first kappa shape index (κ1) is 15.6. The highest BCUT2D eigenvalue weighted by molar-refractivity contribution is 5.57. The van der Waals surface area contributed by atoms with E-state index in [4.69, 9.17) is 5.26 Å². The zero-order valence-corrected chi connectivity index (χ0v) is 11.5. The van der Waals surface area contributed by atoms with Gasteiger partial charge in [0, 0.05) is 12.2 Å². The van der Waals surface area contributed by atoms with E-state index in [0.717, 1.165) is 25.3 Å². The van der Waals surface area contributed by atoms with Crippen LogP contribution in [0, 0.1) is 17.2 Å². The molecule has 1 aromatic rings. The smallest absolute Gasteiger partial charge is 0.393 e. The first-order valence-corrected chi connectivity index (χ1v) is 6.93. The minimum atomic E-state index is -4.46. The van der Waals surface area contributed by atoms with Gasteiger partial charge in [0.15, 0.2) is 0 Å². The normalized spacial score (nSPS) is 22.6. The lowest BCUT2D eigenvalue weighted by Gasteiger charge is -2.27. The number of alkyl halides is 3. The van der Waals surface area contributed by atoms with Crippen molar-refractivity contribution in [1.29, 1.82) is 5.26 Å². The summed E-state index contributed by atoms with van der Waals surface area (Å²) in [6.45, 7) is 0.370. The van der Waals surface area contributed by atoms with Gasteiger partial charge >= 0.3 is 6.18 Å². The van der Waals surface area contributed by atoms with Crippen LogP contribution in [0.5, 0.6) is 0 Å². The zero-order chi connectivity index (χ0) is 15.5. The molecule has 2 unspecified atom stereocenters. The lowest BCUT2D eigenvalue weighted by atomic mass is 9.87. The largest absolute Gasteiger partial charge is 0.418 e. The topological polar surface area (TPSA) is 56.0 Å². The maximum absolute atomic E-state index is 12.9. The average molecular weight is 298 g/mol. The molecule has 1 aromatic carbocycles. The number of aliphatic hydroxyl groups is 1. The van der Waals surface area contributed by atoms with Crippen molar-refractivity contribution in [3.8, 4) is 6.07 Å². The molecule has 0 radical (unpaired) electrons. The summed E-state index contributed by atoms with van der Waals surface area (Å²) in [5.41, 5.74) is -0.645. The van der Waals surface area contributed by atoms with Crippen LogP contribution in [0.15, 0.2) is 18.2 Å². The molecule has 0 spiro atoms. The van der Waals surface area contributed by atoms with Crippen LogP contribution in [0.2, 0.25) is 0 Å². The number of nitrogens with zero attached hydrogens (tertiary/aromatic N) is 1. The number of rotatable bonds is 3. The van der Waals surface area contributed by atoms with Crippen molar-refractivity contribution in [3.05, 3.63) is 29.3 Å². The van der Waals surface area contributed by atoms with Gasteiger partial charge in [-0.1, -0.05) is 6.42 Å². The van der Waals surface area contributed by atoms with Gasteiger partial charge in [-0.15, -0.1) is 0 Å². The van der Waals surface area contributed by atoms with Gasteiger partial charge in [0.05, 0.1) is 23.3 Å². The molecule has 6 heteroatoms. The van der Waals surface area contributed by atoms with Gasteiger partial charge in [-0.3, -0.25) is 0 Å². The Labute approximate surface area is 121 Å². The quantitative estimate of drug-likeness (QED) is 0.897. The van der Waals surface area contributed by atoms with E-state index in [-0.39, 0.29) is 23.3 Å². The number of hydrogen-bond donors (Lipinski definition) is 2. The van der Waals surface area contributed by atoms with E-state index in [2.05, 4.69) is 5.32 Å². The van der Waals surface area contributed by atoms with Crippen LogP contribution in [0.3, 0.4) is 0 Å². The minimum absolute atomic E-state index is 0.0680. The molecule has 114 valence electrons. The number of aliphatic hydroxyl groups excluding tert-OH is 1. The Morgan fingerprint density at radius 2 is 2.10 bits per heavy atom. The van der Waals surface area contributed by atoms with Crippen molar-refractivity contribution in [2.75, 3.05) is 11.9 Å². The van der Waals surface area contributed by atoms with E-state index in [0.29, 0.717) is 13.0 Å². The van der Waals surface area contributed by atoms with Crippen molar-refractivity contribution < 1.29 is 18.3 Å². The number of halogens is 3. The number of hydrogen-bond acceptors (Lipinski definition) is 3. The molecule has 0 heterocycles. The Morgan fingerprint density at radius 1 is 1.33 bits per heavy atom. The summed E-state index contributed by atoms with van der Waals surface area (Å²) >= 11 is 0. The van der Waals surface area contributed by atoms with E-state index in [1.807, 2.05) is 6.07 Å². The van der Waals surface area contributed by atoms with Crippen molar-refractivity contribution >= 4 is 5.69 Å². The van der Waals surface area contributed by atoms with Crippen LogP contribution in [-0.4, -0.2) is 17.8 Å². The number of nitriles is 1. The van der Waals surface area contributed by atoms with E-state index >= 15 is 0 Å². The molecule has 21 heavy (non-hydrogen) atoms. The van der Waals surface area contributed by atoms with E-state index in [9.17, 15) is 18.3 Å². The van der Waals surface area contributed by atoms with E-state index < -0.39 is 11.7 Å². The minimum Gasteiger partial charge on any atom is -0.393 e. The van der Waals surface area contributed by atoms with Crippen LogP contribution in [0.25, 0.3) is 0 Å². The van der Waals surface area contributed by atoms with Crippen LogP contribution in [0.1, 0.15) is 36.8 Å². The zero-order valence-electron chi connectivity index (χ0n) is 11.5. The molecule has 1 fully saturated rings. The van der Waals surface area contributed by atoms with Crippen molar-refractivity contribution in [2.45, 2.75) is 38.0 Å². The lowest BCUT2D eigenvalue weighted by molar-refractivity contribution is -0.137. The average Bonchev–Trinajstić information content (AvgIpc) is 2.44. The monoisotopic (exact) mass is 298 g/mol. The van der Waals surface area contributed by atoms with Gasteiger partial charge in [-0.05, 0) is 43.4 Å². The number of anilines is 1. The van der Waals surface area contributed by atoms with Gasteiger partial charge in [-0.25, -0.2) is 0 Å². The third-order valence-electron chi connectivity index (χ3n) is 3.79. The van der Waals surface area contributed by atoms with Gasteiger partial charge in [0.1, 0.15) is 0 Å². The predicted molar refractivity (Wildman–Crippen MR) is 72.6 cm³/mol. The highest BCUT2D eigenvalue weighted by Crippen LogP contribution is 2.35. The summed E-state index contributed by atoms with van der Waals surface area (Å²) in [5, 5.41) is 21.2. The Bertz CT molecular complexity index is 537. The molecule has 2 atom stereocenters. The summed E-state index contributed by atoms with van der Waals surface area (Å²) in [7, 11) is 0. The first-order valence-electron chi connectivity index (χ1n) is 6.93. The highest BCUT2D eigenvalue weighted by Gasteiger charge is 2.33. The maximum Gasteiger partial charge on any atom is 0.418 e. The summed E-state index contributed by atoms with van der Waals surface area (Å²) in [5.74, 6) is 0.153. The fraction of sp³-hybridized carbons (Fsp3) is 0.533. The molecule has 0 saturated heterocycles. The Kier molecular flexibility index (Phi) is 4.73. The van der Waals surface area contributed by atoms with Gasteiger partial charge < -0.3 is 10.4 Å². The standard InChI is InChI=1S/C15H17F3N2O/c16-15(17,18)13-5-4-10(8-19)7-14(13)20-9-11-2-1-3-12(21)6-11/h4-5,7,11-12,20-21H,1-3,6,9H2. The van der Waals surface area contributed by atoms with Crippen LogP contribution >= 0.6 is 0 Å². The Morgan fingerprint density at radius 3 is 2.71 bits per heavy atom. The molecular weight excluding hydrogens is 281 g/mol. The molecule has 0 aliphatic heterocycles. The molecule has 0 aromatic heterocycles. The van der Waals surface area contributed by atoms with Gasteiger partial charge in [0.25, 0.3) is 0 Å². The summed E-state index contributed by atoms with van der Waals surface area (Å²) in [4.78, 5) is 0. The van der Waals surface area contributed by atoms with Crippen molar-refractivity contribution in [3.63, 3.8) is 0 Å². The third-order valence-corrected chi connectivity index (χ3v) is 3.79. The molecule has 2 N–H and O–H groups in total. The van der Waals surface area contributed by atoms with Crippen LogP contribution in [-0.2, 0) is 6.18 Å². The summed E-state index contributed by atoms with van der Waals surface area (Å²) < 4.78 is 38.8. The Balaban J connectivity index is 2.12. The molecule has 3 nitrogen and oxygen atoms in total. The second-order valence-electron chi connectivity index (χ2n) is 5.44. The second-order valence-corrected chi connectivity index (χ2v) is 5.44. The lowest BCUT2D eigenvalue weighted by Crippen LogP contribution is -2.25. The van der Waals surface area contributed by atoms with Gasteiger partial charge in [0.2, 0.25) is 0 Å². The highest BCUT2D eigenvalue weighted by atomic mass is 19.4. The van der Waals surface area contributed by atoms with Crippen molar-refractivity contribution in [1.82, 2.24) is 0 Å². The second kappa shape index (κ2) is 6.35. The summed E-state index contributed by atoms with van der Waals surface area (Å²) in [6, 6.07) is 5.16. The van der Waals surface area contributed by atoms with Crippen LogP contribution < -0.4 is 5.32 Å². The van der Waals surface area contributed by atoms with Crippen LogP contribution in [0.4, 0.5) is 18.9 Å². The molecule has 1 aliphatic rings. The first-order chi connectivity index (χ1) is 9.90. The molecule has 1 aliphatic carbocycles.